The number of carbonyl (C=O) groups is 1. The minimum absolute atomic E-state index is 0.201. The van der Waals surface area contributed by atoms with Crippen molar-refractivity contribution in [2.45, 2.75) is 33.1 Å². The Morgan fingerprint density at radius 3 is 2.64 bits per heavy atom. The van der Waals surface area contributed by atoms with E-state index in [2.05, 4.69) is 16.5 Å². The number of nitrogen functional groups attached to an aromatic ring is 1. The molecule has 1 aromatic heterocycles. The van der Waals surface area contributed by atoms with Crippen LogP contribution in [0.5, 0.6) is 11.5 Å². The van der Waals surface area contributed by atoms with Gasteiger partial charge in [0.15, 0.2) is 11.5 Å². The second-order valence-electron chi connectivity index (χ2n) is 7.37. The van der Waals surface area contributed by atoms with Crippen LogP contribution in [0.4, 0.5) is 5.82 Å². The summed E-state index contributed by atoms with van der Waals surface area (Å²) in [4.78, 5) is 12.6. The maximum absolute atomic E-state index is 12.6. The molecular weight excluding hydrogens is 418 g/mol. The van der Waals surface area contributed by atoms with Gasteiger partial charge in [-0.15, -0.1) is 0 Å². The molecule has 3 aromatic rings. The Morgan fingerprint density at radius 2 is 1.94 bits per heavy atom. The maximum Gasteiger partial charge on any atom is 0.251 e. The quantitative estimate of drug-likeness (QED) is 0.431. The summed E-state index contributed by atoms with van der Waals surface area (Å²) in [5.41, 5.74) is 8.42. The van der Waals surface area contributed by atoms with Crippen molar-refractivity contribution in [3.8, 4) is 23.3 Å². The van der Waals surface area contributed by atoms with Crippen molar-refractivity contribution < 1.29 is 14.3 Å². The normalized spacial score (nSPS) is 10.5. The van der Waals surface area contributed by atoms with E-state index in [-0.39, 0.29) is 5.91 Å². The first-order valence-electron chi connectivity index (χ1n) is 11.1. The molecule has 0 aliphatic heterocycles. The van der Waals surface area contributed by atoms with Gasteiger partial charge in [0, 0.05) is 12.1 Å². The Bertz CT molecular complexity index is 1120. The van der Waals surface area contributed by atoms with Gasteiger partial charge in [0.25, 0.3) is 5.91 Å². The highest BCUT2D eigenvalue weighted by Gasteiger charge is 2.16. The maximum atomic E-state index is 12.6. The smallest absolute Gasteiger partial charge is 0.251 e. The van der Waals surface area contributed by atoms with Crippen LogP contribution >= 0.6 is 0 Å². The molecule has 0 bridgehead atoms. The zero-order valence-electron chi connectivity index (χ0n) is 19.0. The van der Waals surface area contributed by atoms with E-state index in [0.717, 1.165) is 12.1 Å². The average Bonchev–Trinajstić information content (AvgIpc) is 3.16. The summed E-state index contributed by atoms with van der Waals surface area (Å²) in [6.45, 7) is 5.41. The summed E-state index contributed by atoms with van der Waals surface area (Å²) >= 11 is 0. The summed E-state index contributed by atoms with van der Waals surface area (Å²) in [5, 5.41) is 16.9. The molecule has 1 heterocycles. The van der Waals surface area contributed by atoms with E-state index < -0.39 is 0 Å². The van der Waals surface area contributed by atoms with Crippen LogP contribution in [-0.4, -0.2) is 35.4 Å². The fourth-order valence-corrected chi connectivity index (χ4v) is 3.35. The summed E-state index contributed by atoms with van der Waals surface area (Å²) < 4.78 is 12.9. The van der Waals surface area contributed by atoms with Crippen LogP contribution in [0.25, 0.3) is 5.69 Å². The number of amides is 1. The molecule has 172 valence electrons. The fourth-order valence-electron chi connectivity index (χ4n) is 3.35. The van der Waals surface area contributed by atoms with Crippen LogP contribution in [0.15, 0.2) is 48.5 Å². The Balaban J connectivity index is 1.61. The molecule has 0 saturated carbocycles. The van der Waals surface area contributed by atoms with Crippen molar-refractivity contribution in [1.82, 2.24) is 15.1 Å². The SMILES string of the molecule is CCCOc1ccc(C(=O)NCCCc2nn(-c3ccccc3)c(N)c2C#N)cc1OCC. The lowest BCUT2D eigenvalue weighted by atomic mass is 10.1. The third-order valence-electron chi connectivity index (χ3n) is 4.95. The highest BCUT2D eigenvalue weighted by atomic mass is 16.5. The summed E-state index contributed by atoms with van der Waals surface area (Å²) in [5.74, 6) is 1.30. The minimum Gasteiger partial charge on any atom is -0.490 e. The monoisotopic (exact) mass is 447 g/mol. The zero-order chi connectivity index (χ0) is 23.6. The van der Waals surface area contributed by atoms with E-state index in [1.807, 2.05) is 44.2 Å². The van der Waals surface area contributed by atoms with Crippen LogP contribution in [0, 0.1) is 11.3 Å². The van der Waals surface area contributed by atoms with Crippen LogP contribution in [0.1, 0.15) is 48.3 Å². The number of ether oxygens (including phenoxy) is 2. The van der Waals surface area contributed by atoms with Gasteiger partial charge >= 0.3 is 0 Å². The molecule has 0 fully saturated rings. The molecule has 33 heavy (non-hydrogen) atoms. The number of benzene rings is 2. The van der Waals surface area contributed by atoms with Crippen molar-refractivity contribution in [1.29, 1.82) is 5.26 Å². The molecule has 2 aromatic carbocycles. The molecule has 3 N–H and O–H groups in total. The molecule has 3 rings (SSSR count). The molecule has 1 amide bonds. The number of para-hydroxylation sites is 1. The molecular formula is C25H29N5O3. The largest absolute Gasteiger partial charge is 0.490 e. The van der Waals surface area contributed by atoms with Crippen molar-refractivity contribution in [3.05, 3.63) is 65.4 Å². The highest BCUT2D eigenvalue weighted by Crippen LogP contribution is 2.28. The molecule has 0 radical (unpaired) electrons. The lowest BCUT2D eigenvalue weighted by Crippen LogP contribution is -2.25. The van der Waals surface area contributed by atoms with E-state index in [9.17, 15) is 10.1 Å². The predicted octanol–water partition coefficient (Wildman–Crippen LogP) is 3.88. The Kier molecular flexibility index (Phi) is 8.30. The average molecular weight is 448 g/mol. The van der Waals surface area contributed by atoms with Gasteiger partial charge < -0.3 is 20.5 Å². The second kappa shape index (κ2) is 11.6. The Morgan fingerprint density at radius 1 is 1.15 bits per heavy atom. The third-order valence-corrected chi connectivity index (χ3v) is 4.95. The number of anilines is 1. The number of hydrogen-bond acceptors (Lipinski definition) is 6. The number of nitrogens with zero attached hydrogens (tertiary/aromatic N) is 3. The minimum atomic E-state index is -0.201. The molecule has 0 spiro atoms. The van der Waals surface area contributed by atoms with Crippen LogP contribution in [0.2, 0.25) is 0 Å². The van der Waals surface area contributed by atoms with Gasteiger partial charge in [-0.05, 0) is 56.5 Å². The van der Waals surface area contributed by atoms with Crippen LogP contribution < -0.4 is 20.5 Å². The van der Waals surface area contributed by atoms with Gasteiger partial charge in [-0.2, -0.15) is 10.4 Å². The van der Waals surface area contributed by atoms with Crippen molar-refractivity contribution >= 4 is 11.7 Å². The van der Waals surface area contributed by atoms with Crippen LogP contribution in [-0.2, 0) is 6.42 Å². The first-order chi connectivity index (χ1) is 16.1. The van der Waals surface area contributed by atoms with E-state index in [1.54, 1.807) is 22.9 Å². The number of aryl methyl sites for hydroxylation is 1. The lowest BCUT2D eigenvalue weighted by Gasteiger charge is -2.13. The second-order valence-corrected chi connectivity index (χ2v) is 7.37. The Hall–Kier alpha value is -3.99. The number of hydrogen-bond donors (Lipinski definition) is 2. The fraction of sp³-hybridized carbons (Fsp3) is 0.320. The molecule has 0 aliphatic carbocycles. The van der Waals surface area contributed by atoms with Gasteiger partial charge in [-0.25, -0.2) is 4.68 Å². The lowest BCUT2D eigenvalue weighted by molar-refractivity contribution is 0.0952. The van der Waals surface area contributed by atoms with Gasteiger partial charge in [0.05, 0.1) is 24.6 Å². The molecule has 0 aliphatic rings. The van der Waals surface area contributed by atoms with Crippen LogP contribution in [0.3, 0.4) is 0 Å². The first-order valence-corrected chi connectivity index (χ1v) is 11.1. The molecule has 0 unspecified atom stereocenters. The number of aromatic nitrogens is 2. The number of nitrogens with two attached hydrogens (primary N) is 1. The molecule has 8 heteroatoms. The van der Waals surface area contributed by atoms with Gasteiger partial charge in [-0.3, -0.25) is 4.79 Å². The van der Waals surface area contributed by atoms with Crippen molar-refractivity contribution in [2.75, 3.05) is 25.5 Å². The number of nitrogens with one attached hydrogen (secondary N) is 1. The first kappa shape index (κ1) is 23.7. The van der Waals surface area contributed by atoms with E-state index in [1.165, 1.54) is 0 Å². The third kappa shape index (κ3) is 5.83. The standard InChI is InChI=1S/C25H29N5O3/c1-3-15-33-22-13-12-18(16-23(22)32-4-2)25(31)28-14-8-11-21-20(17-26)24(27)30(29-21)19-9-6-5-7-10-19/h5-7,9-10,12-13,16H,3-4,8,11,14-15,27H2,1-2H3,(H,28,31). The molecule has 8 nitrogen and oxygen atoms in total. The highest BCUT2D eigenvalue weighted by molar-refractivity contribution is 5.94. The van der Waals surface area contributed by atoms with Gasteiger partial charge in [-0.1, -0.05) is 25.1 Å². The number of carbonyl (C=O) groups excluding carboxylic acids is 1. The number of rotatable bonds is 11. The van der Waals surface area contributed by atoms with Crippen molar-refractivity contribution in [3.63, 3.8) is 0 Å². The summed E-state index contributed by atoms with van der Waals surface area (Å²) in [6, 6.07) is 16.8. The topological polar surface area (TPSA) is 115 Å². The summed E-state index contributed by atoms with van der Waals surface area (Å²) in [7, 11) is 0. The summed E-state index contributed by atoms with van der Waals surface area (Å²) in [6.07, 6.45) is 2.01. The van der Waals surface area contributed by atoms with Gasteiger partial charge in [0.2, 0.25) is 0 Å². The van der Waals surface area contributed by atoms with Crippen molar-refractivity contribution in [2.24, 2.45) is 0 Å². The predicted molar refractivity (Wildman–Crippen MR) is 127 cm³/mol. The van der Waals surface area contributed by atoms with E-state index in [0.29, 0.717) is 66.7 Å². The van der Waals surface area contributed by atoms with E-state index >= 15 is 0 Å². The molecule has 0 saturated heterocycles. The number of nitriles is 1. The zero-order valence-corrected chi connectivity index (χ0v) is 19.0. The van der Waals surface area contributed by atoms with E-state index in [4.69, 9.17) is 15.2 Å². The molecule has 0 atom stereocenters. The Labute approximate surface area is 193 Å². The van der Waals surface area contributed by atoms with Gasteiger partial charge in [0.1, 0.15) is 17.5 Å².